The summed E-state index contributed by atoms with van der Waals surface area (Å²) in [7, 11) is 0. The summed E-state index contributed by atoms with van der Waals surface area (Å²) in [6.07, 6.45) is 0.486. The van der Waals surface area contributed by atoms with Crippen molar-refractivity contribution in [2.24, 2.45) is 5.73 Å². The zero-order valence-corrected chi connectivity index (χ0v) is 12.2. The highest BCUT2D eigenvalue weighted by Gasteiger charge is 2.11. The van der Waals surface area contributed by atoms with Gasteiger partial charge in [-0.2, -0.15) is 0 Å². The van der Waals surface area contributed by atoms with Crippen molar-refractivity contribution in [1.29, 1.82) is 0 Å². The molecule has 2 rings (SSSR count). The number of hydrogen-bond acceptors (Lipinski definition) is 1. The van der Waals surface area contributed by atoms with Gasteiger partial charge in [0.25, 0.3) is 0 Å². The summed E-state index contributed by atoms with van der Waals surface area (Å²) in [5.41, 5.74) is 7.54. The standard InChI is InChI=1S/C14H11BrClF2N/c15-10-5-8(1-4-12(10)17)6-14(19)9-2-3-11(16)13(18)7-9/h1-5,7,14H,6,19H2. The van der Waals surface area contributed by atoms with Crippen LogP contribution < -0.4 is 5.73 Å². The lowest BCUT2D eigenvalue weighted by atomic mass is 10.00. The minimum absolute atomic E-state index is 0.0699. The van der Waals surface area contributed by atoms with Crippen molar-refractivity contribution in [2.45, 2.75) is 12.5 Å². The third kappa shape index (κ3) is 3.53. The first-order valence-corrected chi connectivity index (χ1v) is 6.79. The van der Waals surface area contributed by atoms with E-state index in [4.69, 9.17) is 17.3 Å². The summed E-state index contributed by atoms with van der Waals surface area (Å²) in [6.45, 7) is 0. The van der Waals surface area contributed by atoms with E-state index in [-0.39, 0.29) is 16.9 Å². The van der Waals surface area contributed by atoms with Crippen molar-refractivity contribution in [3.05, 3.63) is 68.7 Å². The predicted octanol–water partition coefficient (Wildman–Crippen LogP) is 4.62. The molecule has 0 aliphatic rings. The van der Waals surface area contributed by atoms with Crippen LogP contribution in [0, 0.1) is 11.6 Å². The molecule has 1 atom stereocenters. The summed E-state index contributed by atoms with van der Waals surface area (Å²) in [4.78, 5) is 0. The third-order valence-electron chi connectivity index (χ3n) is 2.81. The van der Waals surface area contributed by atoms with Gasteiger partial charge in [-0.1, -0.05) is 23.7 Å². The van der Waals surface area contributed by atoms with E-state index in [0.29, 0.717) is 16.5 Å². The molecule has 0 spiro atoms. The molecule has 2 aromatic carbocycles. The van der Waals surface area contributed by atoms with E-state index in [1.54, 1.807) is 18.2 Å². The van der Waals surface area contributed by atoms with Crippen molar-refractivity contribution in [3.63, 3.8) is 0 Å². The highest BCUT2D eigenvalue weighted by Crippen LogP contribution is 2.23. The molecule has 0 aliphatic heterocycles. The second-order valence-electron chi connectivity index (χ2n) is 4.23. The lowest BCUT2D eigenvalue weighted by Gasteiger charge is -2.13. The van der Waals surface area contributed by atoms with Crippen LogP contribution in [0.5, 0.6) is 0 Å². The number of hydrogen-bond donors (Lipinski definition) is 1. The van der Waals surface area contributed by atoms with Crippen LogP contribution in [0.4, 0.5) is 8.78 Å². The van der Waals surface area contributed by atoms with E-state index in [0.717, 1.165) is 5.56 Å². The maximum absolute atomic E-state index is 13.4. The van der Waals surface area contributed by atoms with Gasteiger partial charge in [-0.25, -0.2) is 8.78 Å². The molecule has 19 heavy (non-hydrogen) atoms. The molecular weight excluding hydrogens is 336 g/mol. The molecule has 0 saturated heterocycles. The van der Waals surface area contributed by atoms with Gasteiger partial charge >= 0.3 is 0 Å². The van der Waals surface area contributed by atoms with Crippen LogP contribution in [0.1, 0.15) is 17.2 Å². The molecule has 0 fully saturated rings. The van der Waals surface area contributed by atoms with Crippen LogP contribution >= 0.6 is 27.5 Å². The Morgan fingerprint density at radius 1 is 1.11 bits per heavy atom. The van der Waals surface area contributed by atoms with Crippen LogP contribution in [0.2, 0.25) is 5.02 Å². The van der Waals surface area contributed by atoms with Crippen LogP contribution in [-0.2, 0) is 6.42 Å². The monoisotopic (exact) mass is 345 g/mol. The first-order chi connectivity index (χ1) is 8.97. The average Bonchev–Trinajstić information content (AvgIpc) is 2.37. The van der Waals surface area contributed by atoms with Gasteiger partial charge in [-0.05, 0) is 57.7 Å². The molecule has 2 aromatic rings. The third-order valence-corrected chi connectivity index (χ3v) is 3.73. The largest absolute Gasteiger partial charge is 0.324 e. The van der Waals surface area contributed by atoms with Gasteiger partial charge in [0.15, 0.2) is 0 Å². The first kappa shape index (κ1) is 14.4. The van der Waals surface area contributed by atoms with Gasteiger partial charge in [0.05, 0.1) is 9.50 Å². The predicted molar refractivity (Wildman–Crippen MR) is 76.1 cm³/mol. The van der Waals surface area contributed by atoms with Gasteiger partial charge < -0.3 is 5.73 Å². The Morgan fingerprint density at radius 2 is 1.84 bits per heavy atom. The van der Waals surface area contributed by atoms with Crippen LogP contribution in [0.15, 0.2) is 40.9 Å². The quantitative estimate of drug-likeness (QED) is 0.862. The summed E-state index contributed by atoms with van der Waals surface area (Å²) in [5, 5.41) is 0.0699. The van der Waals surface area contributed by atoms with Crippen LogP contribution in [0.3, 0.4) is 0 Å². The average molecular weight is 347 g/mol. The summed E-state index contributed by atoms with van der Waals surface area (Å²) < 4.78 is 26.9. The topological polar surface area (TPSA) is 26.0 Å². The molecule has 0 bridgehead atoms. The van der Waals surface area contributed by atoms with Crippen molar-refractivity contribution in [2.75, 3.05) is 0 Å². The second-order valence-corrected chi connectivity index (χ2v) is 5.49. The molecule has 0 aliphatic carbocycles. The zero-order chi connectivity index (χ0) is 14.0. The Balaban J connectivity index is 2.17. The Hall–Kier alpha value is -0.970. The fourth-order valence-electron chi connectivity index (χ4n) is 1.78. The minimum Gasteiger partial charge on any atom is -0.324 e. The summed E-state index contributed by atoms with van der Waals surface area (Å²) >= 11 is 8.74. The Labute approximate surface area is 123 Å². The molecular formula is C14H11BrClF2N. The van der Waals surface area contributed by atoms with Gasteiger partial charge in [-0.3, -0.25) is 0 Å². The lowest BCUT2D eigenvalue weighted by Crippen LogP contribution is -2.13. The molecule has 2 N–H and O–H groups in total. The fraction of sp³-hybridized carbons (Fsp3) is 0.143. The van der Waals surface area contributed by atoms with Crippen LogP contribution in [-0.4, -0.2) is 0 Å². The zero-order valence-electron chi connectivity index (χ0n) is 9.84. The maximum Gasteiger partial charge on any atom is 0.142 e. The van der Waals surface area contributed by atoms with Crippen molar-refractivity contribution in [1.82, 2.24) is 0 Å². The number of rotatable bonds is 3. The van der Waals surface area contributed by atoms with Gasteiger partial charge in [0.2, 0.25) is 0 Å². The number of halogens is 4. The van der Waals surface area contributed by atoms with Crippen LogP contribution in [0.25, 0.3) is 0 Å². The van der Waals surface area contributed by atoms with Crippen molar-refractivity contribution in [3.8, 4) is 0 Å². The van der Waals surface area contributed by atoms with Crippen molar-refractivity contribution >= 4 is 27.5 Å². The smallest absolute Gasteiger partial charge is 0.142 e. The normalized spacial score (nSPS) is 12.5. The van der Waals surface area contributed by atoms with Gasteiger partial charge in [0.1, 0.15) is 11.6 Å². The Bertz CT molecular complexity index is 604. The SMILES string of the molecule is NC(Cc1ccc(F)c(Br)c1)c1ccc(Cl)c(F)c1. The first-order valence-electron chi connectivity index (χ1n) is 5.62. The van der Waals surface area contributed by atoms with Gasteiger partial charge in [0, 0.05) is 6.04 Å². The molecule has 100 valence electrons. The van der Waals surface area contributed by atoms with E-state index in [2.05, 4.69) is 15.9 Å². The summed E-state index contributed by atoms with van der Waals surface area (Å²) in [5.74, 6) is -0.815. The number of nitrogens with two attached hydrogens (primary N) is 1. The molecule has 0 aromatic heterocycles. The fourth-order valence-corrected chi connectivity index (χ4v) is 2.33. The highest BCUT2D eigenvalue weighted by atomic mass is 79.9. The molecule has 0 radical (unpaired) electrons. The minimum atomic E-state index is -0.491. The van der Waals surface area contributed by atoms with E-state index in [1.165, 1.54) is 18.2 Å². The molecule has 0 heterocycles. The molecule has 1 nitrogen and oxygen atoms in total. The Morgan fingerprint density at radius 3 is 2.47 bits per heavy atom. The van der Waals surface area contributed by atoms with E-state index in [9.17, 15) is 8.78 Å². The molecule has 5 heteroatoms. The van der Waals surface area contributed by atoms with Crippen molar-refractivity contribution < 1.29 is 8.78 Å². The number of benzene rings is 2. The lowest BCUT2D eigenvalue weighted by molar-refractivity contribution is 0.615. The molecule has 0 amide bonds. The maximum atomic E-state index is 13.4. The van der Waals surface area contributed by atoms with E-state index in [1.807, 2.05) is 0 Å². The molecule has 0 saturated carbocycles. The van der Waals surface area contributed by atoms with E-state index >= 15 is 0 Å². The molecule has 1 unspecified atom stereocenters. The summed E-state index contributed by atoms with van der Waals surface area (Å²) in [6, 6.07) is 8.82. The Kier molecular flexibility index (Phi) is 4.55. The van der Waals surface area contributed by atoms with E-state index < -0.39 is 5.82 Å². The highest BCUT2D eigenvalue weighted by molar-refractivity contribution is 9.10. The second kappa shape index (κ2) is 5.99. The van der Waals surface area contributed by atoms with Gasteiger partial charge in [-0.15, -0.1) is 0 Å².